The minimum atomic E-state index is -1.10. The third-order valence-electron chi connectivity index (χ3n) is 4.42. The van der Waals surface area contributed by atoms with Crippen molar-refractivity contribution in [3.05, 3.63) is 64.6 Å². The molecule has 1 N–H and O–H groups in total. The maximum absolute atomic E-state index is 13.0. The van der Waals surface area contributed by atoms with Gasteiger partial charge in [-0.3, -0.25) is 9.69 Å². The molecule has 0 spiro atoms. The van der Waals surface area contributed by atoms with Gasteiger partial charge in [0.2, 0.25) is 0 Å². The van der Waals surface area contributed by atoms with Gasteiger partial charge in [-0.2, -0.15) is 0 Å². The summed E-state index contributed by atoms with van der Waals surface area (Å²) in [6, 6.07) is 13.3. The zero-order valence-corrected chi connectivity index (χ0v) is 17.5. The lowest BCUT2D eigenvalue weighted by Gasteiger charge is -2.23. The van der Waals surface area contributed by atoms with Gasteiger partial charge in [-0.15, -0.1) is 0 Å². The number of thiocarbonyl (C=S) groups is 1. The molecule has 1 fully saturated rings. The highest BCUT2D eigenvalue weighted by atomic mass is 32.2. The molecular weight excluding hydrogens is 410 g/mol. The average Bonchev–Trinajstić information content (AvgIpc) is 3.00. The lowest BCUT2D eigenvalue weighted by molar-refractivity contribution is -0.145. The van der Waals surface area contributed by atoms with Crippen molar-refractivity contribution in [3.8, 4) is 11.5 Å². The smallest absolute Gasteiger partial charge is 0.327 e. The largest absolute Gasteiger partial charge is 0.497 e. The van der Waals surface area contributed by atoms with Crippen molar-refractivity contribution in [1.29, 1.82) is 0 Å². The first-order valence-corrected chi connectivity index (χ1v) is 9.93. The molecule has 0 saturated carbocycles. The van der Waals surface area contributed by atoms with E-state index in [4.69, 9.17) is 21.7 Å². The van der Waals surface area contributed by atoms with Gasteiger partial charge in [-0.1, -0.05) is 54.3 Å². The molecule has 0 aliphatic carbocycles. The topological polar surface area (TPSA) is 76.1 Å². The Hall–Kier alpha value is -2.84. The molecule has 3 rings (SSSR count). The van der Waals surface area contributed by atoms with Gasteiger partial charge in [-0.05, 0) is 23.8 Å². The third kappa shape index (κ3) is 4.60. The number of benzene rings is 2. The monoisotopic (exact) mass is 429 g/mol. The van der Waals surface area contributed by atoms with Crippen molar-refractivity contribution >= 4 is 46.3 Å². The Labute approximate surface area is 178 Å². The van der Waals surface area contributed by atoms with Gasteiger partial charge in [0.1, 0.15) is 21.9 Å². The quantitative estimate of drug-likeness (QED) is 0.532. The van der Waals surface area contributed by atoms with E-state index < -0.39 is 17.9 Å². The summed E-state index contributed by atoms with van der Waals surface area (Å²) in [6.45, 7) is 0. The number of nitrogens with zero attached hydrogens (tertiary/aromatic N) is 1. The van der Waals surface area contributed by atoms with E-state index in [1.807, 2.05) is 30.3 Å². The summed E-state index contributed by atoms with van der Waals surface area (Å²) in [5, 5.41) is 9.73. The Bertz CT molecular complexity index is 974. The molecule has 1 heterocycles. The van der Waals surface area contributed by atoms with Crippen LogP contribution in [-0.2, 0) is 16.0 Å². The third-order valence-corrected chi connectivity index (χ3v) is 5.75. The van der Waals surface area contributed by atoms with E-state index in [1.165, 1.54) is 12.0 Å². The Kier molecular flexibility index (Phi) is 6.56. The van der Waals surface area contributed by atoms with Gasteiger partial charge in [0.05, 0.1) is 19.1 Å². The van der Waals surface area contributed by atoms with Crippen LogP contribution in [0.25, 0.3) is 6.08 Å². The molecule has 29 heavy (non-hydrogen) atoms. The summed E-state index contributed by atoms with van der Waals surface area (Å²) in [5.74, 6) is -0.372. The van der Waals surface area contributed by atoms with E-state index in [0.717, 1.165) is 17.3 Å². The van der Waals surface area contributed by atoms with Crippen molar-refractivity contribution in [3.63, 3.8) is 0 Å². The highest BCUT2D eigenvalue weighted by Gasteiger charge is 2.40. The number of rotatable bonds is 7. The Balaban J connectivity index is 1.90. The zero-order chi connectivity index (χ0) is 21.0. The highest BCUT2D eigenvalue weighted by Crippen LogP contribution is 2.36. The maximum Gasteiger partial charge on any atom is 0.327 e. The number of aliphatic carboxylic acids is 1. The molecule has 2 aromatic carbocycles. The van der Waals surface area contributed by atoms with Crippen molar-refractivity contribution in [2.24, 2.45) is 0 Å². The lowest BCUT2D eigenvalue weighted by atomic mass is 10.0. The molecule has 6 nitrogen and oxygen atoms in total. The van der Waals surface area contributed by atoms with Crippen LogP contribution in [-0.4, -0.2) is 46.5 Å². The second-order valence-corrected chi connectivity index (χ2v) is 7.88. The Morgan fingerprint density at radius 3 is 2.55 bits per heavy atom. The molecule has 0 bridgehead atoms. The molecule has 0 aromatic heterocycles. The average molecular weight is 430 g/mol. The molecule has 2 aromatic rings. The van der Waals surface area contributed by atoms with Crippen molar-refractivity contribution in [2.45, 2.75) is 12.5 Å². The number of carbonyl (C=O) groups is 2. The van der Waals surface area contributed by atoms with Crippen LogP contribution in [0.4, 0.5) is 0 Å². The molecular formula is C21H19NO5S2. The molecule has 0 radical (unpaired) electrons. The van der Waals surface area contributed by atoms with Crippen LogP contribution in [0.1, 0.15) is 11.1 Å². The standard InChI is InChI=1S/C21H19NO5S2/c1-26-15-9-8-14(17(12-15)27-2)11-18-19(23)22(21(28)29-18)16(20(24)25)10-13-6-4-3-5-7-13/h3-9,11-12,16H,10H2,1-2H3,(H,24,25)/b18-11-. The molecule has 150 valence electrons. The minimum absolute atomic E-state index is 0.168. The van der Waals surface area contributed by atoms with E-state index in [0.29, 0.717) is 22.0 Å². The van der Waals surface area contributed by atoms with E-state index in [1.54, 1.807) is 31.4 Å². The predicted octanol–water partition coefficient (Wildman–Crippen LogP) is 3.60. The van der Waals surface area contributed by atoms with E-state index >= 15 is 0 Å². The summed E-state index contributed by atoms with van der Waals surface area (Å²) in [5.41, 5.74) is 1.48. The number of ether oxygens (including phenoxy) is 2. The van der Waals surface area contributed by atoms with E-state index in [9.17, 15) is 14.7 Å². The highest BCUT2D eigenvalue weighted by molar-refractivity contribution is 8.26. The maximum atomic E-state index is 13.0. The van der Waals surface area contributed by atoms with Crippen LogP contribution in [0.5, 0.6) is 11.5 Å². The molecule has 1 atom stereocenters. The van der Waals surface area contributed by atoms with Crippen LogP contribution in [0.15, 0.2) is 53.4 Å². The molecule has 1 aliphatic heterocycles. The Morgan fingerprint density at radius 2 is 1.93 bits per heavy atom. The fraction of sp³-hybridized carbons (Fsp3) is 0.190. The summed E-state index contributed by atoms with van der Waals surface area (Å²) >= 11 is 6.42. The van der Waals surface area contributed by atoms with E-state index in [2.05, 4.69) is 0 Å². The fourth-order valence-corrected chi connectivity index (χ4v) is 4.30. The zero-order valence-electron chi connectivity index (χ0n) is 15.8. The van der Waals surface area contributed by atoms with Crippen molar-refractivity contribution in [1.82, 2.24) is 4.90 Å². The summed E-state index contributed by atoms with van der Waals surface area (Å²) in [7, 11) is 3.08. The number of amides is 1. The molecule has 8 heteroatoms. The first-order chi connectivity index (χ1) is 13.9. The lowest BCUT2D eigenvalue weighted by Crippen LogP contribution is -2.45. The van der Waals surface area contributed by atoms with Gasteiger partial charge < -0.3 is 14.6 Å². The van der Waals surface area contributed by atoms with Gasteiger partial charge in [-0.25, -0.2) is 4.79 Å². The number of carbonyl (C=O) groups excluding carboxylic acids is 1. The SMILES string of the molecule is COc1ccc(/C=C2\SC(=S)N(C(Cc3ccccc3)C(=O)O)C2=O)c(OC)c1. The number of hydrogen-bond donors (Lipinski definition) is 1. The normalized spacial score (nSPS) is 16.2. The fourth-order valence-electron chi connectivity index (χ4n) is 2.95. The number of hydrogen-bond acceptors (Lipinski definition) is 6. The van der Waals surface area contributed by atoms with Crippen LogP contribution in [0.2, 0.25) is 0 Å². The van der Waals surface area contributed by atoms with Gasteiger partial charge >= 0.3 is 5.97 Å². The predicted molar refractivity (Wildman–Crippen MR) is 116 cm³/mol. The molecule has 1 aliphatic rings. The summed E-state index contributed by atoms with van der Waals surface area (Å²) < 4.78 is 10.8. The van der Waals surface area contributed by atoms with E-state index in [-0.39, 0.29) is 10.7 Å². The molecule has 1 saturated heterocycles. The second-order valence-electron chi connectivity index (χ2n) is 6.20. The van der Waals surface area contributed by atoms with Crippen LogP contribution in [0.3, 0.4) is 0 Å². The molecule has 1 amide bonds. The number of carboxylic acid groups (broad SMARTS) is 1. The van der Waals surface area contributed by atoms with Crippen LogP contribution in [0, 0.1) is 0 Å². The van der Waals surface area contributed by atoms with Gasteiger partial charge in [0, 0.05) is 18.1 Å². The molecule has 1 unspecified atom stereocenters. The van der Waals surface area contributed by atoms with Crippen LogP contribution < -0.4 is 9.47 Å². The minimum Gasteiger partial charge on any atom is -0.497 e. The summed E-state index contributed by atoms with van der Waals surface area (Å²) in [6.07, 6.45) is 1.82. The summed E-state index contributed by atoms with van der Waals surface area (Å²) in [4.78, 5) is 26.4. The second kappa shape index (κ2) is 9.11. The number of methoxy groups -OCH3 is 2. The number of thioether (sulfide) groups is 1. The Morgan fingerprint density at radius 1 is 1.21 bits per heavy atom. The van der Waals surface area contributed by atoms with Crippen LogP contribution >= 0.6 is 24.0 Å². The number of carboxylic acids is 1. The first kappa shape index (κ1) is 20.9. The van der Waals surface area contributed by atoms with Gasteiger partial charge in [0.15, 0.2) is 0 Å². The van der Waals surface area contributed by atoms with Gasteiger partial charge in [0.25, 0.3) is 5.91 Å². The van der Waals surface area contributed by atoms with Crippen molar-refractivity contribution in [2.75, 3.05) is 14.2 Å². The van der Waals surface area contributed by atoms with Crippen molar-refractivity contribution < 1.29 is 24.2 Å². The first-order valence-electron chi connectivity index (χ1n) is 8.70.